The van der Waals surface area contributed by atoms with E-state index in [1.165, 1.54) is 6.92 Å². The Kier molecular flexibility index (Phi) is 3.14. The Morgan fingerprint density at radius 2 is 1.62 bits per heavy atom. The molecule has 0 saturated carbocycles. The SMILES string of the molecule is Cc1c([N+](=O)[O-])cc(NC=O)cc1[N+](=O)[O-]. The predicted molar refractivity (Wildman–Crippen MR) is 54.2 cm³/mol. The van der Waals surface area contributed by atoms with Crippen LogP contribution in [0.4, 0.5) is 17.1 Å². The highest BCUT2D eigenvalue weighted by atomic mass is 16.6. The summed E-state index contributed by atoms with van der Waals surface area (Å²) in [5, 5.41) is 23.4. The van der Waals surface area contributed by atoms with Crippen LogP contribution in [0.15, 0.2) is 12.1 Å². The van der Waals surface area contributed by atoms with E-state index in [9.17, 15) is 25.0 Å². The summed E-state index contributed by atoms with van der Waals surface area (Å²) in [5.41, 5.74) is -0.845. The van der Waals surface area contributed by atoms with Crippen LogP contribution in [0.2, 0.25) is 0 Å². The molecule has 0 bridgehead atoms. The number of carbonyl (C=O) groups excluding carboxylic acids is 1. The molecule has 1 rings (SSSR count). The van der Waals surface area contributed by atoms with Gasteiger partial charge in [-0.15, -0.1) is 0 Å². The van der Waals surface area contributed by atoms with E-state index in [1.54, 1.807) is 0 Å². The number of nitro benzene ring substituents is 2. The molecular formula is C8H7N3O5. The normalized spacial score (nSPS) is 9.56. The van der Waals surface area contributed by atoms with Crippen molar-refractivity contribution in [3.8, 4) is 0 Å². The van der Waals surface area contributed by atoms with Crippen molar-refractivity contribution < 1.29 is 14.6 Å². The number of nitrogens with one attached hydrogen (secondary N) is 1. The van der Waals surface area contributed by atoms with Gasteiger partial charge in [0.15, 0.2) is 0 Å². The Bertz CT molecular complexity index is 436. The van der Waals surface area contributed by atoms with E-state index in [2.05, 4.69) is 5.32 Å². The largest absolute Gasteiger partial charge is 0.328 e. The third kappa shape index (κ3) is 2.11. The fraction of sp³-hybridized carbons (Fsp3) is 0.125. The Labute approximate surface area is 89.2 Å². The van der Waals surface area contributed by atoms with Gasteiger partial charge in [0.25, 0.3) is 11.4 Å². The van der Waals surface area contributed by atoms with Gasteiger partial charge in [0, 0.05) is 12.1 Å². The maximum atomic E-state index is 10.6. The Balaban J connectivity index is 3.44. The first-order valence-electron chi connectivity index (χ1n) is 4.11. The highest BCUT2D eigenvalue weighted by Gasteiger charge is 2.22. The summed E-state index contributed by atoms with van der Waals surface area (Å²) in [5.74, 6) is 0. The van der Waals surface area contributed by atoms with Crippen LogP contribution in [0.5, 0.6) is 0 Å². The number of rotatable bonds is 4. The molecule has 1 N–H and O–H groups in total. The Hall–Kier alpha value is -2.51. The summed E-state index contributed by atoms with van der Waals surface area (Å²) in [7, 11) is 0. The van der Waals surface area contributed by atoms with Crippen molar-refractivity contribution >= 4 is 23.5 Å². The molecule has 1 aromatic carbocycles. The zero-order valence-electron chi connectivity index (χ0n) is 8.17. The van der Waals surface area contributed by atoms with E-state index in [4.69, 9.17) is 0 Å². The maximum Gasteiger partial charge on any atom is 0.281 e. The summed E-state index contributed by atoms with van der Waals surface area (Å²) in [6.07, 6.45) is 0.290. The lowest BCUT2D eigenvalue weighted by atomic mass is 10.1. The van der Waals surface area contributed by atoms with E-state index in [0.29, 0.717) is 0 Å². The van der Waals surface area contributed by atoms with Crippen molar-refractivity contribution in [1.82, 2.24) is 0 Å². The van der Waals surface area contributed by atoms with Crippen molar-refractivity contribution in [2.75, 3.05) is 5.32 Å². The fourth-order valence-corrected chi connectivity index (χ4v) is 1.21. The monoisotopic (exact) mass is 225 g/mol. The number of benzene rings is 1. The minimum Gasteiger partial charge on any atom is -0.328 e. The Morgan fingerprint density at radius 3 is 1.94 bits per heavy atom. The molecular weight excluding hydrogens is 218 g/mol. The first kappa shape index (κ1) is 11.6. The molecule has 0 aliphatic carbocycles. The second kappa shape index (κ2) is 4.34. The van der Waals surface area contributed by atoms with Gasteiger partial charge in [0.05, 0.1) is 15.5 Å². The topological polar surface area (TPSA) is 115 Å². The second-order valence-corrected chi connectivity index (χ2v) is 2.92. The lowest BCUT2D eigenvalue weighted by Gasteiger charge is -2.02. The van der Waals surface area contributed by atoms with Gasteiger partial charge in [-0.3, -0.25) is 25.0 Å². The van der Waals surface area contributed by atoms with Crippen LogP contribution in [0, 0.1) is 27.2 Å². The van der Waals surface area contributed by atoms with Crippen molar-refractivity contribution in [1.29, 1.82) is 0 Å². The van der Waals surface area contributed by atoms with Gasteiger partial charge in [-0.2, -0.15) is 0 Å². The van der Waals surface area contributed by atoms with Crippen LogP contribution in [0.1, 0.15) is 5.56 Å². The average Bonchev–Trinajstić information content (AvgIpc) is 2.19. The molecule has 8 heteroatoms. The molecule has 16 heavy (non-hydrogen) atoms. The van der Waals surface area contributed by atoms with Crippen molar-refractivity contribution in [2.24, 2.45) is 0 Å². The number of carbonyl (C=O) groups is 1. The molecule has 1 amide bonds. The van der Waals surface area contributed by atoms with Crippen LogP contribution in [0.25, 0.3) is 0 Å². The van der Waals surface area contributed by atoms with Crippen LogP contribution in [0.3, 0.4) is 0 Å². The van der Waals surface area contributed by atoms with Crippen molar-refractivity contribution in [3.05, 3.63) is 37.9 Å². The number of anilines is 1. The van der Waals surface area contributed by atoms with E-state index in [1.807, 2.05) is 0 Å². The molecule has 0 unspecified atom stereocenters. The van der Waals surface area contributed by atoms with E-state index in [-0.39, 0.29) is 17.7 Å². The van der Waals surface area contributed by atoms with Gasteiger partial charge in [-0.1, -0.05) is 0 Å². The van der Waals surface area contributed by atoms with E-state index in [0.717, 1.165) is 12.1 Å². The molecule has 0 saturated heterocycles. The van der Waals surface area contributed by atoms with Gasteiger partial charge < -0.3 is 5.32 Å². The number of nitrogens with zero attached hydrogens (tertiary/aromatic N) is 2. The highest BCUT2D eigenvalue weighted by Crippen LogP contribution is 2.31. The third-order valence-corrected chi connectivity index (χ3v) is 1.97. The summed E-state index contributed by atoms with van der Waals surface area (Å²) >= 11 is 0. The number of nitro groups is 2. The summed E-state index contributed by atoms with van der Waals surface area (Å²) in [6, 6.07) is 2.13. The third-order valence-electron chi connectivity index (χ3n) is 1.97. The first-order chi connectivity index (χ1) is 7.47. The molecule has 0 aromatic heterocycles. The van der Waals surface area contributed by atoms with Crippen LogP contribution in [-0.2, 0) is 4.79 Å². The van der Waals surface area contributed by atoms with Crippen LogP contribution >= 0.6 is 0 Å². The van der Waals surface area contributed by atoms with E-state index < -0.39 is 21.2 Å². The molecule has 0 fully saturated rings. The molecule has 0 heterocycles. The number of hydrogen-bond donors (Lipinski definition) is 1. The maximum absolute atomic E-state index is 10.6. The smallest absolute Gasteiger partial charge is 0.281 e. The van der Waals surface area contributed by atoms with Crippen LogP contribution < -0.4 is 5.32 Å². The molecule has 0 spiro atoms. The van der Waals surface area contributed by atoms with E-state index >= 15 is 0 Å². The molecule has 0 radical (unpaired) electrons. The quantitative estimate of drug-likeness (QED) is 0.472. The molecule has 0 aliphatic rings. The number of amides is 1. The first-order valence-corrected chi connectivity index (χ1v) is 4.11. The summed E-state index contributed by atoms with van der Waals surface area (Å²) in [4.78, 5) is 29.9. The molecule has 1 aromatic rings. The minimum absolute atomic E-state index is 0.0130. The standard InChI is InChI=1S/C8H7N3O5/c1-5-7(10(13)14)2-6(9-4-12)3-8(5)11(15)16/h2-4H,1H3,(H,9,12). The lowest BCUT2D eigenvalue weighted by Crippen LogP contribution is -2.01. The summed E-state index contributed by atoms with van der Waals surface area (Å²) in [6.45, 7) is 1.28. The van der Waals surface area contributed by atoms with Crippen molar-refractivity contribution in [2.45, 2.75) is 6.92 Å². The van der Waals surface area contributed by atoms with Gasteiger partial charge in [0.1, 0.15) is 5.56 Å². The zero-order chi connectivity index (χ0) is 12.3. The molecule has 84 valence electrons. The fourth-order valence-electron chi connectivity index (χ4n) is 1.21. The van der Waals surface area contributed by atoms with Gasteiger partial charge in [-0.25, -0.2) is 0 Å². The van der Waals surface area contributed by atoms with Gasteiger partial charge >= 0.3 is 0 Å². The minimum atomic E-state index is -0.738. The second-order valence-electron chi connectivity index (χ2n) is 2.92. The molecule has 0 atom stereocenters. The molecule has 8 nitrogen and oxygen atoms in total. The summed E-state index contributed by atoms with van der Waals surface area (Å²) < 4.78 is 0. The zero-order valence-corrected chi connectivity index (χ0v) is 8.17. The predicted octanol–water partition coefficient (Wildman–Crippen LogP) is 1.38. The number of hydrogen-bond acceptors (Lipinski definition) is 5. The van der Waals surface area contributed by atoms with Gasteiger partial charge in [-0.05, 0) is 6.92 Å². The van der Waals surface area contributed by atoms with Crippen molar-refractivity contribution in [3.63, 3.8) is 0 Å². The lowest BCUT2D eigenvalue weighted by molar-refractivity contribution is -0.395. The Morgan fingerprint density at radius 1 is 1.19 bits per heavy atom. The highest BCUT2D eigenvalue weighted by molar-refractivity contribution is 5.75. The van der Waals surface area contributed by atoms with Gasteiger partial charge in [0.2, 0.25) is 6.41 Å². The average molecular weight is 225 g/mol. The molecule has 0 aliphatic heterocycles. The van der Waals surface area contributed by atoms with Crippen LogP contribution in [-0.4, -0.2) is 16.3 Å².